The normalized spacial score (nSPS) is 23.0. The second kappa shape index (κ2) is 6.00. The number of imidazole rings is 1. The molecule has 3 unspecified atom stereocenters. The lowest BCUT2D eigenvalue weighted by atomic mass is 9.97. The number of carbonyl (C=O) groups is 1. The van der Waals surface area contributed by atoms with Gasteiger partial charge in [0.15, 0.2) is 5.65 Å². The van der Waals surface area contributed by atoms with E-state index >= 15 is 0 Å². The van der Waals surface area contributed by atoms with Gasteiger partial charge in [-0.15, -0.1) is 0 Å². The van der Waals surface area contributed by atoms with Gasteiger partial charge in [-0.05, 0) is 30.4 Å². The van der Waals surface area contributed by atoms with Crippen LogP contribution in [0.5, 0.6) is 0 Å². The Labute approximate surface area is 147 Å². The van der Waals surface area contributed by atoms with Crippen molar-refractivity contribution < 1.29 is 9.53 Å². The lowest BCUT2D eigenvalue weighted by Crippen LogP contribution is -2.27. The quantitative estimate of drug-likeness (QED) is 0.799. The van der Waals surface area contributed by atoms with Crippen molar-refractivity contribution in [1.29, 1.82) is 0 Å². The largest absolute Gasteiger partial charge is 0.466 e. The molecule has 0 spiro atoms. The molecule has 0 N–H and O–H groups in total. The molecule has 2 aromatic rings. The Morgan fingerprint density at radius 1 is 1.32 bits per heavy atom. The zero-order chi connectivity index (χ0) is 18.5. The molecule has 0 aromatic carbocycles. The molecule has 1 saturated carbocycles. The van der Waals surface area contributed by atoms with E-state index in [2.05, 4.69) is 20.8 Å². The lowest BCUT2D eigenvalue weighted by Gasteiger charge is -2.18. The van der Waals surface area contributed by atoms with Crippen molar-refractivity contribution >= 4 is 17.1 Å². The molecule has 1 aliphatic rings. The summed E-state index contributed by atoms with van der Waals surface area (Å²) in [4.78, 5) is 29.4. The molecule has 6 nitrogen and oxygen atoms in total. The minimum Gasteiger partial charge on any atom is -0.466 e. The first-order valence-electron chi connectivity index (χ1n) is 8.88. The van der Waals surface area contributed by atoms with E-state index in [1.807, 2.05) is 26.0 Å². The van der Waals surface area contributed by atoms with Crippen LogP contribution in [0.3, 0.4) is 0 Å². The molecule has 1 fully saturated rings. The third-order valence-corrected chi connectivity index (χ3v) is 4.91. The van der Waals surface area contributed by atoms with Crippen molar-refractivity contribution in [3.05, 3.63) is 28.3 Å². The van der Waals surface area contributed by atoms with Gasteiger partial charge >= 0.3 is 11.7 Å². The molecular weight excluding hydrogens is 318 g/mol. The Balaban J connectivity index is 1.98. The summed E-state index contributed by atoms with van der Waals surface area (Å²) in [5.41, 5.74) is 2.32. The molecule has 0 amide bonds. The smallest absolute Gasteiger partial charge is 0.330 e. The second-order valence-corrected chi connectivity index (χ2v) is 8.23. The van der Waals surface area contributed by atoms with E-state index in [0.717, 1.165) is 11.2 Å². The molecule has 1 aliphatic carbocycles. The van der Waals surface area contributed by atoms with E-state index < -0.39 is 0 Å². The molecule has 2 aromatic heterocycles. The molecule has 0 aliphatic heterocycles. The predicted molar refractivity (Wildman–Crippen MR) is 96.5 cm³/mol. The number of ether oxygens (including phenoxy) is 1. The maximum atomic E-state index is 12.6. The van der Waals surface area contributed by atoms with Gasteiger partial charge in [0.2, 0.25) is 0 Å². The molecule has 25 heavy (non-hydrogen) atoms. The van der Waals surface area contributed by atoms with Crippen LogP contribution in [0.15, 0.2) is 16.9 Å². The Morgan fingerprint density at radius 2 is 2.00 bits per heavy atom. The van der Waals surface area contributed by atoms with Crippen molar-refractivity contribution in [3.8, 4) is 0 Å². The van der Waals surface area contributed by atoms with Crippen molar-refractivity contribution in [3.63, 3.8) is 0 Å². The number of fused-ring (bicyclic) bond motifs is 1. The summed E-state index contributed by atoms with van der Waals surface area (Å²) in [7, 11) is 1.75. The average molecular weight is 345 g/mol. The molecule has 2 heterocycles. The summed E-state index contributed by atoms with van der Waals surface area (Å²) in [6.45, 7) is 11.2. The fraction of sp³-hybridized carbons (Fsp3) is 0.632. The minimum absolute atomic E-state index is 0.00318. The maximum Gasteiger partial charge on any atom is 0.330 e. The number of hydrogen-bond donors (Lipinski definition) is 0. The van der Waals surface area contributed by atoms with Gasteiger partial charge in [0.1, 0.15) is 0 Å². The fourth-order valence-electron chi connectivity index (χ4n) is 3.62. The summed E-state index contributed by atoms with van der Waals surface area (Å²) in [6.07, 6.45) is 0. The van der Waals surface area contributed by atoms with Gasteiger partial charge in [0.25, 0.3) is 0 Å². The first-order chi connectivity index (χ1) is 11.7. The van der Waals surface area contributed by atoms with E-state index in [1.165, 1.54) is 0 Å². The molecule has 136 valence electrons. The van der Waals surface area contributed by atoms with Gasteiger partial charge in [-0.25, -0.2) is 9.78 Å². The summed E-state index contributed by atoms with van der Waals surface area (Å²) in [5, 5.41) is 0. The number of aryl methyl sites for hydroxylation is 1. The van der Waals surface area contributed by atoms with Gasteiger partial charge in [-0.3, -0.25) is 13.9 Å². The highest BCUT2D eigenvalue weighted by Gasteiger charge is 2.54. The number of aromatic nitrogens is 3. The highest BCUT2D eigenvalue weighted by atomic mass is 16.5. The minimum atomic E-state index is -0.152. The molecule has 0 saturated heterocycles. The van der Waals surface area contributed by atoms with Gasteiger partial charge in [0, 0.05) is 25.2 Å². The molecular formula is C19H27N3O3. The van der Waals surface area contributed by atoms with Crippen molar-refractivity contribution in [2.75, 3.05) is 6.61 Å². The first kappa shape index (κ1) is 17.7. The molecule has 0 radical (unpaired) electrons. The summed E-state index contributed by atoms with van der Waals surface area (Å²) < 4.78 is 8.53. The van der Waals surface area contributed by atoms with Gasteiger partial charge in [0.05, 0.1) is 18.0 Å². The van der Waals surface area contributed by atoms with Crippen LogP contribution in [-0.2, 0) is 23.1 Å². The summed E-state index contributed by atoms with van der Waals surface area (Å²) in [6, 6.07) is 3.90. The predicted octanol–water partition coefficient (Wildman–Crippen LogP) is 2.69. The SMILES string of the molecule is CCOC(=O)C1C(C)C1c1ccc2c(n1)n(C)c(=O)n2CC(C)(C)C. The third-order valence-electron chi connectivity index (χ3n) is 4.91. The Hall–Kier alpha value is -2.11. The number of nitrogens with zero attached hydrogens (tertiary/aromatic N) is 3. The van der Waals surface area contributed by atoms with Crippen LogP contribution in [0.4, 0.5) is 0 Å². The van der Waals surface area contributed by atoms with E-state index in [1.54, 1.807) is 16.2 Å². The lowest BCUT2D eigenvalue weighted by molar-refractivity contribution is -0.145. The highest BCUT2D eigenvalue weighted by molar-refractivity contribution is 5.79. The van der Waals surface area contributed by atoms with Crippen LogP contribution in [0.1, 0.15) is 46.2 Å². The molecule has 0 bridgehead atoms. The Kier molecular flexibility index (Phi) is 4.25. The van der Waals surface area contributed by atoms with Crippen molar-refractivity contribution in [2.24, 2.45) is 24.3 Å². The fourth-order valence-corrected chi connectivity index (χ4v) is 3.62. The van der Waals surface area contributed by atoms with E-state index in [0.29, 0.717) is 18.8 Å². The Morgan fingerprint density at radius 3 is 2.60 bits per heavy atom. The Bertz CT molecular complexity index is 872. The van der Waals surface area contributed by atoms with Crippen LogP contribution in [0.2, 0.25) is 0 Å². The third kappa shape index (κ3) is 3.10. The topological polar surface area (TPSA) is 66.1 Å². The first-order valence-corrected chi connectivity index (χ1v) is 8.88. The van der Waals surface area contributed by atoms with Crippen LogP contribution in [-0.4, -0.2) is 26.7 Å². The van der Waals surface area contributed by atoms with Crippen LogP contribution in [0.25, 0.3) is 11.2 Å². The average Bonchev–Trinajstić information content (AvgIpc) is 3.15. The van der Waals surface area contributed by atoms with Crippen LogP contribution >= 0.6 is 0 Å². The number of pyridine rings is 1. The number of esters is 1. The molecule has 3 atom stereocenters. The standard InChI is InChI=1S/C19H27N3O3/c1-7-25-17(23)15-11(2)14(15)12-8-9-13-16(20-12)21(6)18(24)22(13)10-19(3,4)5/h8-9,11,14-15H,7,10H2,1-6H3. The number of hydrogen-bond acceptors (Lipinski definition) is 4. The van der Waals surface area contributed by atoms with Crippen LogP contribution < -0.4 is 5.69 Å². The number of rotatable bonds is 4. The molecule has 6 heteroatoms. The maximum absolute atomic E-state index is 12.6. The van der Waals surface area contributed by atoms with Crippen molar-refractivity contribution in [2.45, 2.75) is 47.1 Å². The monoisotopic (exact) mass is 345 g/mol. The number of carbonyl (C=O) groups excluding carboxylic acids is 1. The van der Waals surface area contributed by atoms with Crippen LogP contribution in [0, 0.1) is 17.3 Å². The van der Waals surface area contributed by atoms with E-state index in [4.69, 9.17) is 9.72 Å². The van der Waals surface area contributed by atoms with Gasteiger partial charge in [-0.2, -0.15) is 0 Å². The van der Waals surface area contributed by atoms with Gasteiger partial charge in [-0.1, -0.05) is 27.7 Å². The highest BCUT2D eigenvalue weighted by Crippen LogP contribution is 2.53. The van der Waals surface area contributed by atoms with Crippen molar-refractivity contribution in [1.82, 2.24) is 14.1 Å². The second-order valence-electron chi connectivity index (χ2n) is 8.23. The zero-order valence-corrected chi connectivity index (χ0v) is 15.9. The van der Waals surface area contributed by atoms with Gasteiger partial charge < -0.3 is 4.74 Å². The van der Waals surface area contributed by atoms with E-state index in [9.17, 15) is 9.59 Å². The molecule has 3 rings (SSSR count). The van der Waals surface area contributed by atoms with E-state index in [-0.39, 0.29) is 34.8 Å². The summed E-state index contributed by atoms with van der Waals surface area (Å²) >= 11 is 0. The zero-order valence-electron chi connectivity index (χ0n) is 15.9. The summed E-state index contributed by atoms with van der Waals surface area (Å²) in [5.74, 6) is 0.0156.